The first kappa shape index (κ1) is 31.3. The number of hydrogen-bond acceptors (Lipinski definition) is 9. The second-order valence-electron chi connectivity index (χ2n) is 10.4. The van der Waals surface area contributed by atoms with Crippen molar-refractivity contribution in [3.63, 3.8) is 0 Å². The van der Waals surface area contributed by atoms with Crippen LogP contribution in [0.5, 0.6) is 0 Å². The Balaban J connectivity index is 2.34. The number of aliphatic carboxylic acids is 3. The molecule has 1 aliphatic heterocycles. The maximum absolute atomic E-state index is 12.6. The zero-order chi connectivity index (χ0) is 29.2. The molecule has 216 valence electrons. The molecule has 0 fully saturated rings. The summed E-state index contributed by atoms with van der Waals surface area (Å²) in [6, 6.07) is 2.92. The van der Waals surface area contributed by atoms with Crippen molar-refractivity contribution in [2.45, 2.75) is 32.9 Å². The highest BCUT2D eigenvalue weighted by atomic mass is 16.5. The number of carbonyl (C=O) groups is 4. The second-order valence-corrected chi connectivity index (χ2v) is 10.4. The number of amides is 1. The van der Waals surface area contributed by atoms with Gasteiger partial charge in [0.2, 0.25) is 5.69 Å². The Morgan fingerprint density at radius 3 is 1.85 bits per heavy atom. The van der Waals surface area contributed by atoms with Gasteiger partial charge in [0.1, 0.15) is 13.1 Å². The summed E-state index contributed by atoms with van der Waals surface area (Å²) in [6.45, 7) is 6.34. The van der Waals surface area contributed by atoms with Gasteiger partial charge in [0.25, 0.3) is 5.91 Å². The van der Waals surface area contributed by atoms with Gasteiger partial charge in [0, 0.05) is 69.3 Å². The first-order valence-electron chi connectivity index (χ1n) is 12.5. The summed E-state index contributed by atoms with van der Waals surface area (Å²) in [5.74, 6) is -3.47. The van der Waals surface area contributed by atoms with E-state index in [1.165, 1.54) is 23.2 Å². The topological polar surface area (TPSA) is 181 Å². The lowest BCUT2D eigenvalue weighted by Crippen LogP contribution is -2.45. The second kappa shape index (κ2) is 14.3. The van der Waals surface area contributed by atoms with Crippen LogP contribution in [0.25, 0.3) is 0 Å². The molecule has 14 nitrogen and oxygen atoms in total. The summed E-state index contributed by atoms with van der Waals surface area (Å²) in [4.78, 5) is 53.4. The van der Waals surface area contributed by atoms with Gasteiger partial charge < -0.3 is 35.6 Å². The molecule has 4 N–H and O–H groups in total. The monoisotopic (exact) mass is 550 g/mol. The summed E-state index contributed by atoms with van der Waals surface area (Å²) >= 11 is 0. The molecule has 2 rings (SSSR count). The van der Waals surface area contributed by atoms with Crippen LogP contribution in [0.15, 0.2) is 30.7 Å². The third-order valence-corrected chi connectivity index (χ3v) is 5.79. The van der Waals surface area contributed by atoms with Gasteiger partial charge in [0.15, 0.2) is 6.20 Å². The molecule has 0 atom stereocenters. The van der Waals surface area contributed by atoms with Crippen LogP contribution in [-0.4, -0.2) is 123 Å². The Morgan fingerprint density at radius 1 is 0.846 bits per heavy atom. The molecule has 0 spiro atoms. The fourth-order valence-corrected chi connectivity index (χ4v) is 3.93. The number of nitrogens with one attached hydrogen (secondary N) is 1. The van der Waals surface area contributed by atoms with E-state index in [9.17, 15) is 39.7 Å². The highest BCUT2D eigenvalue weighted by Crippen LogP contribution is 2.09. The van der Waals surface area contributed by atoms with E-state index in [1.54, 1.807) is 27.1 Å². The maximum Gasteiger partial charge on any atom is 0.323 e. The summed E-state index contributed by atoms with van der Waals surface area (Å²) in [7, 11) is 0. The van der Waals surface area contributed by atoms with Crippen molar-refractivity contribution in [1.82, 2.24) is 24.9 Å². The highest BCUT2D eigenvalue weighted by molar-refractivity contribution is 5.94. The number of hydrogen-bond donors (Lipinski definition) is 4. The maximum atomic E-state index is 12.6. The Hall–Kier alpha value is -3.91. The van der Waals surface area contributed by atoms with Crippen molar-refractivity contribution in [1.29, 1.82) is 0 Å². The number of pyridine rings is 1. The molecular weight excluding hydrogens is 512 g/mol. The molecule has 0 radical (unpaired) electrons. The fraction of sp³-hybridized carbons (Fsp3) is 0.560. The Labute approximate surface area is 227 Å². The summed E-state index contributed by atoms with van der Waals surface area (Å²) in [5, 5.41) is 43.4. The Kier molecular flexibility index (Phi) is 11.5. The molecule has 0 saturated carbocycles. The van der Waals surface area contributed by atoms with Crippen LogP contribution in [0, 0.1) is 5.21 Å². The van der Waals surface area contributed by atoms with Crippen LogP contribution in [0.3, 0.4) is 0 Å². The van der Waals surface area contributed by atoms with Crippen LogP contribution in [0.4, 0.5) is 0 Å². The van der Waals surface area contributed by atoms with Crippen LogP contribution in [0.2, 0.25) is 0 Å². The van der Waals surface area contributed by atoms with E-state index in [1.807, 2.05) is 20.8 Å². The van der Waals surface area contributed by atoms with Crippen LogP contribution in [-0.2, 0) is 20.9 Å². The molecule has 14 heteroatoms. The van der Waals surface area contributed by atoms with Gasteiger partial charge in [-0.25, -0.2) is 0 Å². The molecule has 0 aromatic carbocycles. The molecule has 2 heterocycles. The van der Waals surface area contributed by atoms with Gasteiger partial charge in [-0.3, -0.25) is 29.0 Å². The molecule has 1 aromatic heterocycles. The molecule has 0 unspecified atom stereocenters. The first-order chi connectivity index (χ1) is 18.2. The van der Waals surface area contributed by atoms with Crippen molar-refractivity contribution >= 4 is 23.8 Å². The third kappa shape index (κ3) is 12.0. The molecule has 0 saturated heterocycles. The molecule has 1 amide bonds. The van der Waals surface area contributed by atoms with Crippen molar-refractivity contribution in [2.75, 3.05) is 58.9 Å². The number of carboxylic acid groups (broad SMARTS) is 3. The first-order valence-corrected chi connectivity index (χ1v) is 12.5. The van der Waals surface area contributed by atoms with Crippen molar-refractivity contribution in [2.24, 2.45) is 0 Å². The van der Waals surface area contributed by atoms with Gasteiger partial charge in [-0.15, -0.1) is 0 Å². The number of aromatic nitrogens is 1. The van der Waals surface area contributed by atoms with Gasteiger partial charge in [-0.2, -0.15) is 4.73 Å². The van der Waals surface area contributed by atoms with Gasteiger partial charge in [-0.05, 0) is 20.8 Å². The quantitative estimate of drug-likeness (QED) is 0.224. The molecule has 1 aromatic rings. The molecule has 1 aliphatic rings. The standard InChI is InChI=1S/C25H38N6O8/c1-25(2,3)26-24(38)19-4-5-31(39)20(14-19)15-27-6-8-28(16-21(32)33)10-12-30(18-23(36)37)13-11-29(9-7-27)17-22(34)35/h4-6,8,14H,7,9-13,15-18H2,1-3H3,(H,26,38)(H,32,33)(H,34,35)(H,36,37)/b8-6-. The zero-order valence-electron chi connectivity index (χ0n) is 22.6. The predicted molar refractivity (Wildman–Crippen MR) is 140 cm³/mol. The van der Waals surface area contributed by atoms with E-state index < -0.39 is 23.4 Å². The minimum absolute atomic E-state index is 0.0730. The van der Waals surface area contributed by atoms with Crippen LogP contribution >= 0.6 is 0 Å². The smallest absolute Gasteiger partial charge is 0.323 e. The minimum Gasteiger partial charge on any atom is -0.618 e. The SMILES string of the molecule is CC(C)(C)NC(=O)c1cc[n+]([O-])c(CN2/C=C\N(CC(=O)O)CCN(CC(=O)O)CCN(CC(=O)O)CC2)c1. The average molecular weight is 551 g/mol. The molecular formula is C25H38N6O8. The third-order valence-electron chi connectivity index (χ3n) is 5.79. The zero-order valence-corrected chi connectivity index (χ0v) is 22.6. The van der Waals surface area contributed by atoms with Crippen LogP contribution < -0.4 is 10.0 Å². The molecule has 0 bridgehead atoms. The van der Waals surface area contributed by atoms with E-state index in [2.05, 4.69) is 5.32 Å². The predicted octanol–water partition coefficient (Wildman–Crippen LogP) is -0.705. The van der Waals surface area contributed by atoms with E-state index >= 15 is 0 Å². The minimum atomic E-state index is -1.06. The summed E-state index contributed by atoms with van der Waals surface area (Å²) in [5.41, 5.74) is 0.112. The number of carbonyl (C=O) groups excluding carboxylic acids is 1. The van der Waals surface area contributed by atoms with E-state index in [0.717, 1.165) is 0 Å². The van der Waals surface area contributed by atoms with Crippen molar-refractivity contribution < 1.29 is 39.2 Å². The summed E-state index contributed by atoms with van der Waals surface area (Å²) in [6.07, 6.45) is 4.42. The van der Waals surface area contributed by atoms with Crippen molar-refractivity contribution in [3.8, 4) is 0 Å². The van der Waals surface area contributed by atoms with Gasteiger partial charge >= 0.3 is 17.9 Å². The lowest BCUT2D eigenvalue weighted by molar-refractivity contribution is -0.615. The van der Waals surface area contributed by atoms with Gasteiger partial charge in [-0.1, -0.05) is 0 Å². The van der Waals surface area contributed by atoms with Crippen LogP contribution in [0.1, 0.15) is 36.8 Å². The lowest BCUT2D eigenvalue weighted by Gasteiger charge is -2.31. The average Bonchev–Trinajstić information content (AvgIpc) is 2.79. The number of rotatable bonds is 9. The van der Waals surface area contributed by atoms with Crippen molar-refractivity contribution in [3.05, 3.63) is 47.2 Å². The molecule has 39 heavy (non-hydrogen) atoms. The highest BCUT2D eigenvalue weighted by Gasteiger charge is 2.21. The lowest BCUT2D eigenvalue weighted by atomic mass is 10.1. The summed E-state index contributed by atoms with van der Waals surface area (Å²) < 4.78 is 0.644. The largest absolute Gasteiger partial charge is 0.618 e. The number of carboxylic acids is 3. The Bertz CT molecular complexity index is 1060. The Morgan fingerprint density at radius 2 is 1.33 bits per heavy atom. The van der Waals surface area contributed by atoms with E-state index in [0.29, 0.717) is 10.3 Å². The number of nitrogens with zero attached hydrogens (tertiary/aromatic N) is 5. The normalized spacial score (nSPS) is 17.1. The van der Waals surface area contributed by atoms with E-state index in [-0.39, 0.29) is 77.0 Å². The van der Waals surface area contributed by atoms with E-state index in [4.69, 9.17) is 0 Å². The molecule has 0 aliphatic carbocycles. The fourth-order valence-electron chi connectivity index (χ4n) is 3.93. The van der Waals surface area contributed by atoms with Gasteiger partial charge in [0.05, 0.1) is 18.7 Å².